The first kappa shape index (κ1) is 19.5. The maximum atomic E-state index is 13.2. The molecule has 28 heavy (non-hydrogen) atoms. The van der Waals surface area contributed by atoms with Gasteiger partial charge in [0.15, 0.2) is 5.82 Å². The second-order valence-corrected chi connectivity index (χ2v) is 6.13. The van der Waals surface area contributed by atoms with Crippen LogP contribution in [0.5, 0.6) is 0 Å². The summed E-state index contributed by atoms with van der Waals surface area (Å²) >= 11 is 0. The molecule has 6 heteroatoms. The number of benzene rings is 2. The smallest absolute Gasteiger partial charge is 0.277 e. The fourth-order valence-corrected chi connectivity index (χ4v) is 2.83. The number of para-hydroxylation sites is 1. The van der Waals surface area contributed by atoms with Gasteiger partial charge in [0.1, 0.15) is 11.5 Å². The summed E-state index contributed by atoms with van der Waals surface area (Å²) in [6, 6.07) is 20.9. The molecule has 3 aromatic rings. The number of hydrogen-bond acceptors (Lipinski definition) is 5. The SMILES string of the molecule is CCN(C(=O)c1cc(NCCOC)nc(-c2ccccc2)n1)c1ccccc1. The molecule has 2 aromatic carbocycles. The van der Waals surface area contributed by atoms with Gasteiger partial charge in [-0.2, -0.15) is 0 Å². The van der Waals surface area contributed by atoms with Crippen LogP contribution < -0.4 is 10.2 Å². The Balaban J connectivity index is 1.98. The molecule has 1 aromatic heterocycles. The molecular weight excluding hydrogens is 352 g/mol. The number of ether oxygens (including phenoxy) is 1. The van der Waals surface area contributed by atoms with Crippen LogP contribution in [0.4, 0.5) is 11.5 Å². The first-order valence-corrected chi connectivity index (χ1v) is 9.27. The van der Waals surface area contributed by atoms with Crippen molar-refractivity contribution in [2.45, 2.75) is 6.92 Å². The van der Waals surface area contributed by atoms with E-state index in [4.69, 9.17) is 4.74 Å². The third kappa shape index (κ3) is 4.72. The summed E-state index contributed by atoms with van der Waals surface area (Å²) in [5.74, 6) is 0.942. The molecule has 0 unspecified atom stereocenters. The van der Waals surface area contributed by atoms with Crippen LogP contribution in [0, 0.1) is 0 Å². The van der Waals surface area contributed by atoms with Gasteiger partial charge in [0, 0.05) is 37.5 Å². The Kier molecular flexibility index (Phi) is 6.70. The highest BCUT2D eigenvalue weighted by Gasteiger charge is 2.19. The Bertz CT molecular complexity index is 901. The highest BCUT2D eigenvalue weighted by molar-refractivity contribution is 6.05. The lowest BCUT2D eigenvalue weighted by atomic mass is 10.2. The van der Waals surface area contributed by atoms with Crippen LogP contribution in [-0.4, -0.2) is 42.7 Å². The van der Waals surface area contributed by atoms with Crippen molar-refractivity contribution < 1.29 is 9.53 Å². The van der Waals surface area contributed by atoms with E-state index in [-0.39, 0.29) is 5.91 Å². The minimum atomic E-state index is -0.164. The van der Waals surface area contributed by atoms with Gasteiger partial charge < -0.3 is 15.0 Å². The second kappa shape index (κ2) is 9.62. The summed E-state index contributed by atoms with van der Waals surface area (Å²) < 4.78 is 5.09. The van der Waals surface area contributed by atoms with Crippen LogP contribution >= 0.6 is 0 Å². The molecule has 0 aliphatic rings. The van der Waals surface area contributed by atoms with Gasteiger partial charge >= 0.3 is 0 Å². The molecule has 0 saturated carbocycles. The number of anilines is 2. The Hall–Kier alpha value is -3.25. The lowest BCUT2D eigenvalue weighted by molar-refractivity contribution is 0.0983. The summed E-state index contributed by atoms with van der Waals surface area (Å²) in [7, 11) is 1.64. The molecule has 0 atom stereocenters. The number of nitrogens with one attached hydrogen (secondary N) is 1. The molecule has 0 bridgehead atoms. The van der Waals surface area contributed by atoms with Crippen LogP contribution in [0.2, 0.25) is 0 Å². The van der Waals surface area contributed by atoms with Gasteiger partial charge in [0.05, 0.1) is 6.61 Å². The highest BCUT2D eigenvalue weighted by Crippen LogP contribution is 2.21. The number of carbonyl (C=O) groups is 1. The fraction of sp³-hybridized carbons (Fsp3) is 0.227. The zero-order chi connectivity index (χ0) is 19.8. The van der Waals surface area contributed by atoms with Crippen LogP contribution in [0.3, 0.4) is 0 Å². The highest BCUT2D eigenvalue weighted by atomic mass is 16.5. The van der Waals surface area contributed by atoms with Crippen molar-refractivity contribution in [3.8, 4) is 11.4 Å². The zero-order valence-corrected chi connectivity index (χ0v) is 16.1. The molecule has 1 heterocycles. The molecule has 0 spiro atoms. The topological polar surface area (TPSA) is 67.4 Å². The number of aromatic nitrogens is 2. The number of nitrogens with zero attached hydrogens (tertiary/aromatic N) is 3. The number of carbonyl (C=O) groups excluding carboxylic acids is 1. The third-order valence-corrected chi connectivity index (χ3v) is 4.22. The van der Waals surface area contributed by atoms with Crippen molar-refractivity contribution in [3.05, 3.63) is 72.4 Å². The maximum Gasteiger partial charge on any atom is 0.277 e. The lowest BCUT2D eigenvalue weighted by Gasteiger charge is -2.21. The zero-order valence-electron chi connectivity index (χ0n) is 16.1. The Morgan fingerprint density at radius 3 is 2.36 bits per heavy atom. The maximum absolute atomic E-state index is 13.2. The van der Waals surface area contributed by atoms with Crippen LogP contribution in [0.25, 0.3) is 11.4 Å². The van der Waals surface area contributed by atoms with E-state index in [9.17, 15) is 4.79 Å². The second-order valence-electron chi connectivity index (χ2n) is 6.13. The monoisotopic (exact) mass is 376 g/mol. The molecule has 0 saturated heterocycles. The summed E-state index contributed by atoms with van der Waals surface area (Å²) in [4.78, 5) is 24.0. The van der Waals surface area contributed by atoms with E-state index in [0.29, 0.717) is 37.0 Å². The van der Waals surface area contributed by atoms with Crippen molar-refractivity contribution in [1.82, 2.24) is 9.97 Å². The standard InChI is InChI=1S/C22H24N4O2/c1-3-26(18-12-8-5-9-13-18)22(27)19-16-20(23-14-15-28-2)25-21(24-19)17-10-6-4-7-11-17/h4-13,16H,3,14-15H2,1-2H3,(H,23,24,25). The largest absolute Gasteiger partial charge is 0.383 e. The van der Waals surface area contributed by atoms with Gasteiger partial charge in [-0.25, -0.2) is 9.97 Å². The van der Waals surface area contributed by atoms with Crippen LogP contribution in [-0.2, 0) is 4.74 Å². The summed E-state index contributed by atoms with van der Waals surface area (Å²) in [5.41, 5.74) is 2.04. The number of rotatable bonds is 8. The molecule has 1 amide bonds. The van der Waals surface area contributed by atoms with E-state index in [2.05, 4.69) is 15.3 Å². The van der Waals surface area contributed by atoms with E-state index >= 15 is 0 Å². The van der Waals surface area contributed by atoms with Crippen molar-refractivity contribution >= 4 is 17.4 Å². The molecule has 0 aliphatic heterocycles. The fourth-order valence-electron chi connectivity index (χ4n) is 2.83. The van der Waals surface area contributed by atoms with Crippen molar-refractivity contribution in [1.29, 1.82) is 0 Å². The normalized spacial score (nSPS) is 10.5. The average molecular weight is 376 g/mol. The molecule has 1 N–H and O–H groups in total. The molecular formula is C22H24N4O2. The van der Waals surface area contributed by atoms with E-state index in [1.807, 2.05) is 67.6 Å². The van der Waals surface area contributed by atoms with Gasteiger partial charge in [-0.1, -0.05) is 48.5 Å². The van der Waals surface area contributed by atoms with Gasteiger partial charge in [0.25, 0.3) is 5.91 Å². The quantitative estimate of drug-likeness (QED) is 0.605. The third-order valence-electron chi connectivity index (χ3n) is 4.22. The molecule has 3 rings (SSSR count). The Labute approximate surface area is 165 Å². The number of methoxy groups -OCH3 is 1. The first-order valence-electron chi connectivity index (χ1n) is 9.27. The first-order chi connectivity index (χ1) is 13.7. The van der Waals surface area contributed by atoms with Crippen molar-refractivity contribution in [2.75, 3.05) is 37.0 Å². The number of hydrogen-bond donors (Lipinski definition) is 1. The number of amides is 1. The van der Waals surface area contributed by atoms with Gasteiger partial charge in [-0.05, 0) is 19.1 Å². The molecule has 0 fully saturated rings. The van der Waals surface area contributed by atoms with E-state index in [0.717, 1.165) is 11.3 Å². The van der Waals surface area contributed by atoms with Crippen LogP contribution in [0.1, 0.15) is 17.4 Å². The van der Waals surface area contributed by atoms with Crippen molar-refractivity contribution in [2.24, 2.45) is 0 Å². The summed E-state index contributed by atoms with van der Waals surface area (Å²) in [6.45, 7) is 3.62. The van der Waals surface area contributed by atoms with E-state index in [1.165, 1.54) is 0 Å². The molecule has 144 valence electrons. The van der Waals surface area contributed by atoms with E-state index in [1.54, 1.807) is 18.1 Å². The van der Waals surface area contributed by atoms with Crippen molar-refractivity contribution in [3.63, 3.8) is 0 Å². The van der Waals surface area contributed by atoms with E-state index < -0.39 is 0 Å². The predicted molar refractivity (Wildman–Crippen MR) is 112 cm³/mol. The molecule has 0 aliphatic carbocycles. The average Bonchev–Trinajstić information content (AvgIpc) is 2.75. The Morgan fingerprint density at radius 2 is 1.71 bits per heavy atom. The van der Waals surface area contributed by atoms with Gasteiger partial charge in [-0.15, -0.1) is 0 Å². The Morgan fingerprint density at radius 1 is 1.04 bits per heavy atom. The lowest BCUT2D eigenvalue weighted by Crippen LogP contribution is -2.31. The minimum Gasteiger partial charge on any atom is -0.383 e. The van der Waals surface area contributed by atoms with Gasteiger partial charge in [0.2, 0.25) is 0 Å². The molecule has 0 radical (unpaired) electrons. The minimum absolute atomic E-state index is 0.164. The van der Waals surface area contributed by atoms with Gasteiger partial charge in [-0.3, -0.25) is 4.79 Å². The van der Waals surface area contributed by atoms with Crippen LogP contribution in [0.15, 0.2) is 66.7 Å². The summed E-state index contributed by atoms with van der Waals surface area (Å²) in [6.07, 6.45) is 0. The summed E-state index contributed by atoms with van der Waals surface area (Å²) in [5, 5.41) is 3.20. The molecule has 6 nitrogen and oxygen atoms in total. The predicted octanol–water partition coefficient (Wildman–Crippen LogP) is 3.87.